The Kier molecular flexibility index (Phi) is 6.16. The van der Waals surface area contributed by atoms with Crippen LogP contribution in [0.4, 0.5) is 5.69 Å². The lowest BCUT2D eigenvalue weighted by Crippen LogP contribution is -2.11. The Morgan fingerprint density at radius 1 is 1.25 bits per heavy atom. The molecule has 0 heterocycles. The van der Waals surface area contributed by atoms with Crippen molar-refractivity contribution in [2.75, 3.05) is 10.6 Å². The summed E-state index contributed by atoms with van der Waals surface area (Å²) < 4.78 is 0. The van der Waals surface area contributed by atoms with Crippen LogP contribution in [0.1, 0.15) is 31.7 Å². The van der Waals surface area contributed by atoms with Gasteiger partial charge in [-0.2, -0.15) is 0 Å². The minimum Gasteiger partial charge on any atom is -0.326 e. The minimum absolute atomic E-state index is 0.102. The van der Waals surface area contributed by atoms with Crippen molar-refractivity contribution >= 4 is 27.5 Å². The fraction of sp³-hybridized carbons (Fsp3) is 0.462. The zero-order valence-corrected chi connectivity index (χ0v) is 11.2. The molecule has 0 aliphatic heterocycles. The molecular formula is C13H18BrNO. The second kappa shape index (κ2) is 7.44. The zero-order valence-electron chi connectivity index (χ0n) is 9.63. The second-order valence-electron chi connectivity index (χ2n) is 3.74. The van der Waals surface area contributed by atoms with Gasteiger partial charge in [0.05, 0.1) is 0 Å². The monoisotopic (exact) mass is 283 g/mol. The third-order valence-corrected chi connectivity index (χ3v) is 2.99. The van der Waals surface area contributed by atoms with Crippen LogP contribution < -0.4 is 5.32 Å². The van der Waals surface area contributed by atoms with Gasteiger partial charge in [0.25, 0.3) is 0 Å². The Balaban J connectivity index is 2.37. The zero-order chi connectivity index (χ0) is 11.8. The SMILES string of the molecule is CCc1ccc(NC(=O)CCCCBr)cc1. The van der Waals surface area contributed by atoms with E-state index < -0.39 is 0 Å². The van der Waals surface area contributed by atoms with Gasteiger partial charge in [-0.25, -0.2) is 0 Å². The van der Waals surface area contributed by atoms with Crippen molar-refractivity contribution in [1.82, 2.24) is 0 Å². The van der Waals surface area contributed by atoms with E-state index in [4.69, 9.17) is 0 Å². The summed E-state index contributed by atoms with van der Waals surface area (Å²) in [6.07, 6.45) is 3.60. The molecule has 0 aliphatic rings. The smallest absolute Gasteiger partial charge is 0.224 e. The van der Waals surface area contributed by atoms with Crippen LogP contribution in [0.3, 0.4) is 0 Å². The maximum atomic E-state index is 11.5. The molecule has 0 unspecified atom stereocenters. The lowest BCUT2D eigenvalue weighted by atomic mass is 10.1. The highest BCUT2D eigenvalue weighted by molar-refractivity contribution is 9.09. The molecule has 0 atom stereocenters. The van der Waals surface area contributed by atoms with E-state index in [0.717, 1.165) is 30.3 Å². The molecule has 1 rings (SSSR count). The normalized spacial score (nSPS) is 10.1. The van der Waals surface area contributed by atoms with Crippen molar-refractivity contribution in [3.8, 4) is 0 Å². The van der Waals surface area contributed by atoms with Crippen LogP contribution in [0.2, 0.25) is 0 Å². The van der Waals surface area contributed by atoms with Crippen molar-refractivity contribution in [1.29, 1.82) is 0 Å². The van der Waals surface area contributed by atoms with Crippen LogP contribution in [0.25, 0.3) is 0 Å². The summed E-state index contributed by atoms with van der Waals surface area (Å²) in [5.41, 5.74) is 2.18. The summed E-state index contributed by atoms with van der Waals surface area (Å²) in [5.74, 6) is 0.102. The van der Waals surface area contributed by atoms with Gasteiger partial charge in [-0.1, -0.05) is 35.0 Å². The lowest BCUT2D eigenvalue weighted by Gasteiger charge is -2.05. The molecule has 88 valence electrons. The van der Waals surface area contributed by atoms with Gasteiger partial charge in [0.2, 0.25) is 5.91 Å². The lowest BCUT2D eigenvalue weighted by molar-refractivity contribution is -0.116. The quantitative estimate of drug-likeness (QED) is 0.625. The van der Waals surface area contributed by atoms with E-state index in [9.17, 15) is 4.79 Å². The van der Waals surface area contributed by atoms with E-state index in [1.807, 2.05) is 24.3 Å². The number of benzene rings is 1. The number of unbranched alkanes of at least 4 members (excludes halogenated alkanes) is 1. The average molecular weight is 284 g/mol. The molecule has 0 aromatic heterocycles. The molecule has 2 nitrogen and oxygen atoms in total. The maximum absolute atomic E-state index is 11.5. The van der Waals surface area contributed by atoms with Gasteiger partial charge in [0.1, 0.15) is 0 Å². The maximum Gasteiger partial charge on any atom is 0.224 e. The topological polar surface area (TPSA) is 29.1 Å². The summed E-state index contributed by atoms with van der Waals surface area (Å²) in [5, 5.41) is 3.86. The number of aryl methyl sites for hydroxylation is 1. The number of carbonyl (C=O) groups excluding carboxylic acids is 1. The van der Waals surface area contributed by atoms with E-state index in [2.05, 4.69) is 28.2 Å². The molecule has 0 radical (unpaired) electrons. The van der Waals surface area contributed by atoms with Gasteiger partial charge in [-0.05, 0) is 37.0 Å². The molecule has 0 saturated carbocycles. The van der Waals surface area contributed by atoms with E-state index in [1.165, 1.54) is 5.56 Å². The molecule has 0 bridgehead atoms. The van der Waals surface area contributed by atoms with Gasteiger partial charge < -0.3 is 5.32 Å². The van der Waals surface area contributed by atoms with E-state index in [1.54, 1.807) is 0 Å². The van der Waals surface area contributed by atoms with E-state index in [-0.39, 0.29) is 5.91 Å². The van der Waals surface area contributed by atoms with E-state index >= 15 is 0 Å². The fourth-order valence-corrected chi connectivity index (χ4v) is 1.82. The van der Waals surface area contributed by atoms with Crippen molar-refractivity contribution in [3.05, 3.63) is 29.8 Å². The number of rotatable bonds is 6. The first-order valence-electron chi connectivity index (χ1n) is 5.71. The second-order valence-corrected chi connectivity index (χ2v) is 4.54. The van der Waals surface area contributed by atoms with Crippen molar-refractivity contribution in [2.45, 2.75) is 32.6 Å². The number of anilines is 1. The third kappa shape index (κ3) is 4.79. The standard InChI is InChI=1S/C13H18BrNO/c1-2-11-6-8-12(9-7-11)15-13(16)5-3-4-10-14/h6-9H,2-5,10H2,1H3,(H,15,16). The van der Waals surface area contributed by atoms with Crippen LogP contribution in [0, 0.1) is 0 Å². The molecule has 0 fully saturated rings. The average Bonchev–Trinajstić information content (AvgIpc) is 2.30. The van der Waals surface area contributed by atoms with Crippen LogP contribution in [0.15, 0.2) is 24.3 Å². The molecular weight excluding hydrogens is 266 g/mol. The molecule has 0 spiro atoms. The molecule has 1 amide bonds. The highest BCUT2D eigenvalue weighted by Gasteiger charge is 2.01. The predicted octanol–water partition coefficient (Wildman–Crippen LogP) is 3.75. The fourth-order valence-electron chi connectivity index (χ4n) is 1.43. The van der Waals surface area contributed by atoms with Crippen molar-refractivity contribution in [3.63, 3.8) is 0 Å². The van der Waals surface area contributed by atoms with Crippen molar-refractivity contribution < 1.29 is 4.79 Å². The van der Waals surface area contributed by atoms with Crippen LogP contribution in [0.5, 0.6) is 0 Å². The molecule has 1 aromatic carbocycles. The summed E-state index contributed by atoms with van der Waals surface area (Å²) >= 11 is 3.35. The van der Waals surface area contributed by atoms with Gasteiger partial charge >= 0.3 is 0 Å². The number of hydrogen-bond acceptors (Lipinski definition) is 1. The van der Waals surface area contributed by atoms with Crippen molar-refractivity contribution in [2.24, 2.45) is 0 Å². The van der Waals surface area contributed by atoms with E-state index in [0.29, 0.717) is 6.42 Å². The molecule has 1 N–H and O–H groups in total. The molecule has 1 aromatic rings. The first-order chi connectivity index (χ1) is 7.76. The highest BCUT2D eigenvalue weighted by atomic mass is 79.9. The van der Waals surface area contributed by atoms with Gasteiger partial charge in [-0.3, -0.25) is 4.79 Å². The summed E-state index contributed by atoms with van der Waals surface area (Å²) in [7, 11) is 0. The Morgan fingerprint density at radius 3 is 2.50 bits per heavy atom. The van der Waals surface area contributed by atoms with Gasteiger partial charge in [-0.15, -0.1) is 0 Å². The Bertz CT molecular complexity index is 321. The first-order valence-corrected chi connectivity index (χ1v) is 6.83. The molecule has 0 aliphatic carbocycles. The number of halogens is 1. The highest BCUT2D eigenvalue weighted by Crippen LogP contribution is 2.11. The Labute approximate surface area is 106 Å². The number of hydrogen-bond donors (Lipinski definition) is 1. The molecule has 0 saturated heterocycles. The third-order valence-electron chi connectivity index (χ3n) is 2.43. The number of amides is 1. The Morgan fingerprint density at radius 2 is 1.94 bits per heavy atom. The minimum atomic E-state index is 0.102. The first kappa shape index (κ1) is 13.2. The molecule has 3 heteroatoms. The number of nitrogens with one attached hydrogen (secondary N) is 1. The summed E-state index contributed by atoms with van der Waals surface area (Å²) in [4.78, 5) is 11.5. The van der Waals surface area contributed by atoms with Gasteiger partial charge in [0, 0.05) is 17.4 Å². The van der Waals surface area contributed by atoms with Crippen LogP contribution in [-0.2, 0) is 11.2 Å². The summed E-state index contributed by atoms with van der Waals surface area (Å²) in [6.45, 7) is 2.12. The Hall–Kier alpha value is -0.830. The van der Waals surface area contributed by atoms with Gasteiger partial charge in [0.15, 0.2) is 0 Å². The number of alkyl halides is 1. The van der Waals surface area contributed by atoms with Crippen LogP contribution >= 0.6 is 15.9 Å². The van der Waals surface area contributed by atoms with Crippen LogP contribution in [-0.4, -0.2) is 11.2 Å². The molecule has 16 heavy (non-hydrogen) atoms. The number of carbonyl (C=O) groups is 1. The predicted molar refractivity (Wildman–Crippen MR) is 72.1 cm³/mol. The largest absolute Gasteiger partial charge is 0.326 e. The summed E-state index contributed by atoms with van der Waals surface area (Å²) in [6, 6.07) is 8.02.